The molecule has 2 unspecified atom stereocenters. The minimum absolute atomic E-state index is 0.156. The van der Waals surface area contributed by atoms with Gasteiger partial charge in [-0.25, -0.2) is 0 Å². The Balaban J connectivity index is 1.22. The molecule has 2 fully saturated rings. The Kier molecular flexibility index (Phi) is 5.60. The van der Waals surface area contributed by atoms with Gasteiger partial charge in [0.05, 0.1) is 0 Å². The summed E-state index contributed by atoms with van der Waals surface area (Å²) in [5, 5.41) is 0. The van der Waals surface area contributed by atoms with Crippen molar-refractivity contribution in [3.05, 3.63) is 71.6 Å². The number of benzene rings is 2. The molecule has 2 aliphatic rings. The molecule has 2 atom stereocenters. The zero-order valence-electron chi connectivity index (χ0n) is 16.8. The van der Waals surface area contributed by atoms with Crippen molar-refractivity contribution >= 4 is 0 Å². The summed E-state index contributed by atoms with van der Waals surface area (Å²) in [5.74, 6) is 2.49. The fourth-order valence-electron chi connectivity index (χ4n) is 4.59. The fourth-order valence-corrected chi connectivity index (χ4v) is 4.59. The predicted octanol–water partition coefficient (Wildman–Crippen LogP) is 6.03. The first-order chi connectivity index (χ1) is 13.8. The number of hydrogen-bond acceptors (Lipinski definition) is 2. The molecule has 2 nitrogen and oxygen atoms in total. The molecule has 1 radical (unpaired) electrons. The van der Waals surface area contributed by atoms with E-state index in [9.17, 15) is 13.2 Å². The Hall–Kier alpha value is -2.01. The second-order valence-electron chi connectivity index (χ2n) is 8.64. The quantitative estimate of drug-likeness (QED) is 0.561. The van der Waals surface area contributed by atoms with Gasteiger partial charge >= 0.3 is 6.36 Å². The van der Waals surface area contributed by atoms with Gasteiger partial charge in [0.25, 0.3) is 0 Å². The van der Waals surface area contributed by atoms with E-state index in [1.54, 1.807) is 6.07 Å². The molecule has 1 saturated heterocycles. The van der Waals surface area contributed by atoms with Gasteiger partial charge < -0.3 is 4.74 Å². The number of hydrogen-bond donors (Lipinski definition) is 0. The van der Waals surface area contributed by atoms with Crippen LogP contribution in [0.1, 0.15) is 42.9 Å². The number of alkyl halides is 3. The van der Waals surface area contributed by atoms with E-state index >= 15 is 0 Å². The van der Waals surface area contributed by atoms with Gasteiger partial charge in [0.15, 0.2) is 0 Å². The van der Waals surface area contributed by atoms with Crippen molar-refractivity contribution in [3.63, 3.8) is 0 Å². The first-order valence-corrected chi connectivity index (χ1v) is 10.3. The average Bonchev–Trinajstić information content (AvgIpc) is 3.10. The maximum Gasteiger partial charge on any atom is 0.573 e. The molecule has 2 aromatic rings. The highest BCUT2D eigenvalue weighted by molar-refractivity contribution is 5.33. The van der Waals surface area contributed by atoms with Gasteiger partial charge in [-0.3, -0.25) is 4.90 Å². The van der Waals surface area contributed by atoms with Crippen molar-refractivity contribution in [1.82, 2.24) is 4.90 Å². The SMILES string of the molecule is CC(C)c1ccc(CN2CC3C(C[CH]c4cccc(OC(F)(F)F)c4)C3C2)cc1. The number of ether oxygens (including phenoxy) is 1. The summed E-state index contributed by atoms with van der Waals surface area (Å²) in [5.41, 5.74) is 3.53. The summed E-state index contributed by atoms with van der Waals surface area (Å²) in [6.07, 6.45) is -1.69. The van der Waals surface area contributed by atoms with Gasteiger partial charge in [-0.05, 0) is 65.3 Å². The van der Waals surface area contributed by atoms with Crippen LogP contribution < -0.4 is 4.74 Å². The second kappa shape index (κ2) is 8.02. The molecule has 0 aromatic heterocycles. The summed E-state index contributed by atoms with van der Waals surface area (Å²) in [6.45, 7) is 7.65. The largest absolute Gasteiger partial charge is 0.573 e. The van der Waals surface area contributed by atoms with E-state index in [0.717, 1.165) is 43.5 Å². The van der Waals surface area contributed by atoms with Crippen LogP contribution in [0.15, 0.2) is 48.5 Å². The molecule has 1 aliphatic heterocycles. The Morgan fingerprint density at radius 1 is 1.07 bits per heavy atom. The lowest BCUT2D eigenvalue weighted by Gasteiger charge is -2.20. The van der Waals surface area contributed by atoms with E-state index < -0.39 is 6.36 Å². The minimum Gasteiger partial charge on any atom is -0.406 e. The van der Waals surface area contributed by atoms with Crippen molar-refractivity contribution in [2.45, 2.75) is 39.1 Å². The number of likely N-dealkylation sites (tertiary alicyclic amines) is 1. The topological polar surface area (TPSA) is 12.5 Å². The van der Waals surface area contributed by atoms with Crippen LogP contribution in [0.2, 0.25) is 0 Å². The zero-order valence-corrected chi connectivity index (χ0v) is 16.8. The highest BCUT2D eigenvalue weighted by Gasteiger charge is 2.54. The summed E-state index contributed by atoms with van der Waals surface area (Å²) < 4.78 is 41.1. The number of fused-ring (bicyclic) bond motifs is 1. The van der Waals surface area contributed by atoms with Gasteiger partial charge in [0.1, 0.15) is 5.75 Å². The minimum atomic E-state index is -4.65. The van der Waals surface area contributed by atoms with Crippen LogP contribution in [0, 0.1) is 24.2 Å². The van der Waals surface area contributed by atoms with E-state index in [4.69, 9.17) is 0 Å². The molecule has 4 rings (SSSR count). The number of piperidine rings is 1. The van der Waals surface area contributed by atoms with Gasteiger partial charge in [0, 0.05) is 19.6 Å². The van der Waals surface area contributed by atoms with E-state index in [0.29, 0.717) is 11.8 Å². The molecule has 155 valence electrons. The van der Waals surface area contributed by atoms with Gasteiger partial charge in [-0.15, -0.1) is 13.2 Å². The molecule has 2 aromatic carbocycles. The molecule has 1 saturated carbocycles. The molecule has 0 amide bonds. The van der Waals surface area contributed by atoms with Crippen molar-refractivity contribution in [1.29, 1.82) is 0 Å². The van der Waals surface area contributed by atoms with Crippen LogP contribution in [0.4, 0.5) is 13.2 Å². The monoisotopic (exact) mass is 402 g/mol. The molecule has 29 heavy (non-hydrogen) atoms. The van der Waals surface area contributed by atoms with Crippen molar-refractivity contribution in [2.75, 3.05) is 13.1 Å². The third-order valence-electron chi connectivity index (χ3n) is 6.22. The molecule has 0 N–H and O–H groups in total. The summed E-state index contributed by atoms with van der Waals surface area (Å²) >= 11 is 0. The Morgan fingerprint density at radius 2 is 1.76 bits per heavy atom. The molecular formula is C24H27F3NO. The lowest BCUT2D eigenvalue weighted by atomic mass is 10.0. The molecule has 5 heteroatoms. The lowest BCUT2D eigenvalue weighted by molar-refractivity contribution is -0.274. The molecule has 1 heterocycles. The normalized spacial score (nSPS) is 24.0. The van der Waals surface area contributed by atoms with Crippen LogP contribution in [-0.4, -0.2) is 24.4 Å². The highest BCUT2D eigenvalue weighted by Crippen LogP contribution is 2.54. The summed E-state index contributed by atoms with van der Waals surface area (Å²) in [4.78, 5) is 2.52. The molecule has 1 aliphatic carbocycles. The van der Waals surface area contributed by atoms with Crippen LogP contribution >= 0.6 is 0 Å². The Bertz CT molecular complexity index is 819. The third-order valence-corrected chi connectivity index (χ3v) is 6.22. The average molecular weight is 402 g/mol. The number of rotatable bonds is 7. The van der Waals surface area contributed by atoms with Crippen molar-refractivity contribution in [3.8, 4) is 5.75 Å². The first-order valence-electron chi connectivity index (χ1n) is 10.3. The van der Waals surface area contributed by atoms with Crippen LogP contribution in [0.5, 0.6) is 5.75 Å². The fraction of sp³-hybridized carbons (Fsp3) is 0.458. The van der Waals surface area contributed by atoms with Crippen molar-refractivity contribution < 1.29 is 17.9 Å². The Morgan fingerprint density at radius 3 is 2.38 bits per heavy atom. The molecule has 0 spiro atoms. The number of nitrogens with zero attached hydrogens (tertiary/aromatic N) is 1. The number of halogens is 3. The van der Waals surface area contributed by atoms with E-state index in [-0.39, 0.29) is 5.75 Å². The van der Waals surface area contributed by atoms with Crippen LogP contribution in [0.3, 0.4) is 0 Å². The summed E-state index contributed by atoms with van der Waals surface area (Å²) in [7, 11) is 0. The first kappa shape index (κ1) is 20.3. The van der Waals surface area contributed by atoms with Gasteiger partial charge in [0.2, 0.25) is 0 Å². The maximum atomic E-state index is 12.4. The lowest BCUT2D eigenvalue weighted by Crippen LogP contribution is -2.24. The van der Waals surface area contributed by atoms with Gasteiger partial charge in [-0.1, -0.05) is 50.2 Å². The second-order valence-corrected chi connectivity index (χ2v) is 8.64. The zero-order chi connectivity index (χ0) is 20.6. The molecule has 0 bridgehead atoms. The summed E-state index contributed by atoms with van der Waals surface area (Å²) in [6, 6.07) is 15.2. The van der Waals surface area contributed by atoms with Crippen LogP contribution in [0.25, 0.3) is 0 Å². The van der Waals surface area contributed by atoms with E-state index in [1.165, 1.54) is 23.3 Å². The third kappa shape index (κ3) is 5.13. The predicted molar refractivity (Wildman–Crippen MR) is 107 cm³/mol. The van der Waals surface area contributed by atoms with Gasteiger partial charge in [-0.2, -0.15) is 0 Å². The smallest absolute Gasteiger partial charge is 0.406 e. The maximum absolute atomic E-state index is 12.4. The Labute approximate surface area is 170 Å². The standard InChI is InChI=1S/C24H27F3NO/c1-16(2)19-9-6-18(7-10-19)13-28-14-22-21(23(22)15-28)11-8-17-4-3-5-20(12-17)29-24(25,26)27/h3-10,12,16,21-23H,11,13-15H2,1-2H3. The van der Waals surface area contributed by atoms with E-state index in [1.807, 2.05) is 12.5 Å². The highest BCUT2D eigenvalue weighted by atomic mass is 19.4. The van der Waals surface area contributed by atoms with E-state index in [2.05, 4.69) is 47.7 Å². The van der Waals surface area contributed by atoms with Crippen molar-refractivity contribution in [2.24, 2.45) is 17.8 Å². The molecular weight excluding hydrogens is 375 g/mol. The van der Waals surface area contributed by atoms with Crippen LogP contribution in [-0.2, 0) is 6.54 Å².